The standard InChI is InChI=1S/C21H22N4O2S/c1-2-27-17-7-5-16(6-8-17)18-9-10-20(23-22-18)24-11-13-25(14-12-24)21(26)19-4-3-15-28-19/h3-10,15H,2,11-14H2,1H3. The van der Waals surface area contributed by atoms with Crippen LogP contribution in [0.5, 0.6) is 5.75 Å². The lowest BCUT2D eigenvalue weighted by atomic mass is 10.1. The first-order valence-corrected chi connectivity index (χ1v) is 10.3. The molecule has 1 aromatic carbocycles. The maximum absolute atomic E-state index is 12.5. The molecular formula is C21H22N4O2S. The molecule has 7 heteroatoms. The van der Waals surface area contributed by atoms with Gasteiger partial charge >= 0.3 is 0 Å². The van der Waals surface area contributed by atoms with Crippen molar-refractivity contribution in [1.29, 1.82) is 0 Å². The number of piperazine rings is 1. The SMILES string of the molecule is CCOc1ccc(-c2ccc(N3CCN(C(=O)c4cccs4)CC3)nn2)cc1. The van der Waals surface area contributed by atoms with E-state index in [-0.39, 0.29) is 5.91 Å². The van der Waals surface area contributed by atoms with E-state index >= 15 is 0 Å². The quantitative estimate of drug-likeness (QED) is 0.662. The second kappa shape index (κ2) is 8.39. The van der Waals surface area contributed by atoms with Crippen molar-refractivity contribution < 1.29 is 9.53 Å². The van der Waals surface area contributed by atoms with Gasteiger partial charge in [-0.15, -0.1) is 21.5 Å². The summed E-state index contributed by atoms with van der Waals surface area (Å²) in [6.45, 7) is 5.52. The fourth-order valence-electron chi connectivity index (χ4n) is 3.23. The van der Waals surface area contributed by atoms with Crippen molar-refractivity contribution in [2.45, 2.75) is 6.92 Å². The zero-order chi connectivity index (χ0) is 19.3. The van der Waals surface area contributed by atoms with Crippen LogP contribution in [0.4, 0.5) is 5.82 Å². The summed E-state index contributed by atoms with van der Waals surface area (Å²) in [6.07, 6.45) is 0. The topological polar surface area (TPSA) is 58.6 Å². The molecule has 4 rings (SSSR count). The lowest BCUT2D eigenvalue weighted by Crippen LogP contribution is -2.48. The number of anilines is 1. The molecule has 2 aromatic heterocycles. The number of aromatic nitrogens is 2. The Balaban J connectivity index is 1.37. The summed E-state index contributed by atoms with van der Waals surface area (Å²) >= 11 is 1.49. The number of ether oxygens (including phenoxy) is 1. The molecule has 0 radical (unpaired) electrons. The average Bonchev–Trinajstić information content (AvgIpc) is 3.29. The summed E-state index contributed by atoms with van der Waals surface area (Å²) in [7, 11) is 0. The van der Waals surface area contributed by atoms with E-state index in [0.717, 1.165) is 40.8 Å². The molecule has 0 unspecified atom stereocenters. The van der Waals surface area contributed by atoms with Crippen molar-refractivity contribution in [3.8, 4) is 17.0 Å². The van der Waals surface area contributed by atoms with Gasteiger partial charge in [0.25, 0.3) is 5.91 Å². The van der Waals surface area contributed by atoms with Crippen molar-refractivity contribution in [3.05, 3.63) is 58.8 Å². The Kier molecular flexibility index (Phi) is 5.53. The largest absolute Gasteiger partial charge is 0.494 e. The maximum atomic E-state index is 12.5. The molecule has 3 heterocycles. The van der Waals surface area contributed by atoms with Crippen molar-refractivity contribution in [1.82, 2.24) is 15.1 Å². The van der Waals surface area contributed by atoms with Crippen molar-refractivity contribution in [3.63, 3.8) is 0 Å². The zero-order valence-corrected chi connectivity index (χ0v) is 16.6. The predicted molar refractivity (Wildman–Crippen MR) is 111 cm³/mol. The summed E-state index contributed by atoms with van der Waals surface area (Å²) in [5.41, 5.74) is 1.84. The third-order valence-corrected chi connectivity index (χ3v) is 5.59. The number of thiophene rings is 1. The molecule has 0 saturated carbocycles. The van der Waals surface area contributed by atoms with Crippen molar-refractivity contribution >= 4 is 23.1 Å². The van der Waals surface area contributed by atoms with Gasteiger partial charge in [0.1, 0.15) is 5.75 Å². The molecule has 1 aliphatic heterocycles. The third kappa shape index (κ3) is 3.99. The smallest absolute Gasteiger partial charge is 0.264 e. The molecule has 0 N–H and O–H groups in total. The Morgan fingerprint density at radius 1 is 1.04 bits per heavy atom. The summed E-state index contributed by atoms with van der Waals surface area (Å²) in [6, 6.07) is 15.6. The lowest BCUT2D eigenvalue weighted by molar-refractivity contribution is 0.0751. The lowest BCUT2D eigenvalue weighted by Gasteiger charge is -2.35. The first-order valence-electron chi connectivity index (χ1n) is 9.39. The highest BCUT2D eigenvalue weighted by atomic mass is 32.1. The number of hydrogen-bond donors (Lipinski definition) is 0. The molecule has 144 valence electrons. The summed E-state index contributed by atoms with van der Waals surface area (Å²) < 4.78 is 5.47. The van der Waals surface area contributed by atoms with E-state index in [1.54, 1.807) is 0 Å². The van der Waals surface area contributed by atoms with E-state index in [1.807, 2.05) is 65.7 Å². The van der Waals surface area contributed by atoms with Crippen LogP contribution in [0.2, 0.25) is 0 Å². The van der Waals surface area contributed by atoms with Gasteiger partial charge < -0.3 is 14.5 Å². The average molecular weight is 395 g/mol. The van der Waals surface area contributed by atoms with Gasteiger partial charge in [0.2, 0.25) is 0 Å². The van der Waals surface area contributed by atoms with Gasteiger partial charge in [-0.1, -0.05) is 6.07 Å². The maximum Gasteiger partial charge on any atom is 0.264 e. The Morgan fingerprint density at radius 3 is 2.43 bits per heavy atom. The van der Waals surface area contributed by atoms with Crippen LogP contribution in [0.1, 0.15) is 16.6 Å². The first kappa shape index (κ1) is 18.4. The molecule has 28 heavy (non-hydrogen) atoms. The number of carbonyl (C=O) groups is 1. The van der Waals surface area contributed by atoms with E-state index in [0.29, 0.717) is 19.7 Å². The van der Waals surface area contributed by atoms with Crippen LogP contribution in [-0.2, 0) is 0 Å². The molecule has 1 amide bonds. The van der Waals surface area contributed by atoms with Crippen LogP contribution in [0.25, 0.3) is 11.3 Å². The van der Waals surface area contributed by atoms with E-state index in [9.17, 15) is 4.79 Å². The molecular weight excluding hydrogens is 372 g/mol. The normalized spacial score (nSPS) is 14.2. The summed E-state index contributed by atoms with van der Waals surface area (Å²) in [5, 5.41) is 10.7. The van der Waals surface area contributed by atoms with E-state index in [1.165, 1.54) is 11.3 Å². The molecule has 0 bridgehead atoms. The molecule has 1 saturated heterocycles. The van der Waals surface area contributed by atoms with E-state index < -0.39 is 0 Å². The minimum Gasteiger partial charge on any atom is -0.494 e. The summed E-state index contributed by atoms with van der Waals surface area (Å²) in [4.78, 5) is 17.3. The van der Waals surface area contributed by atoms with Crippen LogP contribution in [0, 0.1) is 0 Å². The first-order chi connectivity index (χ1) is 13.7. The molecule has 3 aromatic rings. The Hall–Kier alpha value is -2.93. The molecule has 6 nitrogen and oxygen atoms in total. The fraction of sp³-hybridized carbons (Fsp3) is 0.286. The van der Waals surface area contributed by atoms with Crippen molar-refractivity contribution in [2.75, 3.05) is 37.7 Å². The van der Waals surface area contributed by atoms with Gasteiger partial charge in [-0.05, 0) is 54.8 Å². The summed E-state index contributed by atoms with van der Waals surface area (Å²) in [5.74, 6) is 1.82. The Bertz CT molecular complexity index is 903. The highest BCUT2D eigenvalue weighted by molar-refractivity contribution is 7.12. The van der Waals surface area contributed by atoms with Crippen LogP contribution in [0.15, 0.2) is 53.9 Å². The molecule has 0 spiro atoms. The van der Waals surface area contributed by atoms with Crippen LogP contribution < -0.4 is 9.64 Å². The zero-order valence-electron chi connectivity index (χ0n) is 15.7. The number of hydrogen-bond acceptors (Lipinski definition) is 6. The second-order valence-corrected chi connectivity index (χ2v) is 7.44. The Labute approximate surface area is 168 Å². The highest BCUT2D eigenvalue weighted by Gasteiger charge is 2.23. The van der Waals surface area contributed by atoms with Gasteiger partial charge in [-0.2, -0.15) is 0 Å². The van der Waals surface area contributed by atoms with Gasteiger partial charge in [-0.3, -0.25) is 4.79 Å². The van der Waals surface area contributed by atoms with Gasteiger partial charge in [0.15, 0.2) is 5.82 Å². The predicted octanol–water partition coefficient (Wildman–Crippen LogP) is 3.57. The molecule has 0 aliphatic carbocycles. The second-order valence-electron chi connectivity index (χ2n) is 6.49. The van der Waals surface area contributed by atoms with E-state index in [4.69, 9.17) is 4.74 Å². The number of nitrogens with zero attached hydrogens (tertiary/aromatic N) is 4. The van der Waals surface area contributed by atoms with Gasteiger partial charge in [0.05, 0.1) is 17.2 Å². The number of benzene rings is 1. The van der Waals surface area contributed by atoms with Crippen LogP contribution >= 0.6 is 11.3 Å². The minimum absolute atomic E-state index is 0.117. The highest BCUT2D eigenvalue weighted by Crippen LogP contribution is 2.22. The monoisotopic (exact) mass is 394 g/mol. The number of rotatable bonds is 5. The van der Waals surface area contributed by atoms with E-state index in [2.05, 4.69) is 15.1 Å². The van der Waals surface area contributed by atoms with Crippen molar-refractivity contribution in [2.24, 2.45) is 0 Å². The fourth-order valence-corrected chi connectivity index (χ4v) is 3.92. The molecule has 0 atom stereocenters. The number of amides is 1. The van der Waals surface area contributed by atoms with Gasteiger partial charge in [0, 0.05) is 31.7 Å². The third-order valence-electron chi connectivity index (χ3n) is 4.73. The minimum atomic E-state index is 0.117. The molecule has 1 aliphatic rings. The molecule has 1 fully saturated rings. The Morgan fingerprint density at radius 2 is 1.82 bits per heavy atom. The van der Waals surface area contributed by atoms with Crippen LogP contribution in [0.3, 0.4) is 0 Å². The van der Waals surface area contributed by atoms with Crippen LogP contribution in [-0.4, -0.2) is 53.8 Å². The van der Waals surface area contributed by atoms with Gasteiger partial charge in [-0.25, -0.2) is 0 Å². The number of carbonyl (C=O) groups excluding carboxylic acids is 1.